The summed E-state index contributed by atoms with van der Waals surface area (Å²) >= 11 is 0. The molecule has 2 aliphatic heterocycles. The van der Waals surface area contributed by atoms with Crippen molar-refractivity contribution >= 4 is 0 Å². The fraction of sp³-hybridized carbons (Fsp3) is 0.625. The maximum atomic E-state index is 10.5. The van der Waals surface area contributed by atoms with E-state index in [9.17, 15) is 5.11 Å². The third-order valence-corrected chi connectivity index (χ3v) is 4.63. The van der Waals surface area contributed by atoms with Gasteiger partial charge in [-0.3, -0.25) is 0 Å². The van der Waals surface area contributed by atoms with Crippen LogP contribution in [0.1, 0.15) is 43.0 Å². The third kappa shape index (κ3) is 2.29. The average Bonchev–Trinajstić information content (AvgIpc) is 2.45. The fourth-order valence-corrected chi connectivity index (χ4v) is 3.48. The molecular formula is C16H24N2O3. The largest absolute Gasteiger partial charge is 0.507 e. The first-order valence-corrected chi connectivity index (χ1v) is 7.70. The summed E-state index contributed by atoms with van der Waals surface area (Å²) in [5.41, 5.74) is 5.91. The smallest absolute Gasteiger partial charge is 0.136 e. The molecule has 0 saturated carbocycles. The van der Waals surface area contributed by atoms with E-state index in [2.05, 4.69) is 24.6 Å². The standard InChI is InChI=1S/C16H24N2O3/c1-4-10-6-13-14(11(5-2)15(10)19)12(18-20-3)7-16(21-13)8-17-9-16/h6,12,17-19H,4-5,7-9H2,1-3H3. The highest BCUT2D eigenvalue weighted by Gasteiger charge is 2.47. The summed E-state index contributed by atoms with van der Waals surface area (Å²) in [6, 6.07) is 2.04. The molecule has 1 spiro atoms. The molecule has 1 atom stereocenters. The number of rotatable bonds is 4. The normalized spacial score (nSPS) is 22.5. The first kappa shape index (κ1) is 14.6. The Hall–Kier alpha value is -1.30. The molecule has 2 aliphatic rings. The van der Waals surface area contributed by atoms with Gasteiger partial charge in [0.05, 0.1) is 13.2 Å². The highest BCUT2D eigenvalue weighted by molar-refractivity contribution is 5.56. The number of aromatic hydroxyl groups is 1. The van der Waals surface area contributed by atoms with Crippen LogP contribution >= 0.6 is 0 Å². The minimum atomic E-state index is -0.143. The highest BCUT2D eigenvalue weighted by atomic mass is 16.6. The molecule has 2 heterocycles. The predicted molar refractivity (Wildman–Crippen MR) is 80.6 cm³/mol. The summed E-state index contributed by atoms with van der Waals surface area (Å²) in [5.74, 6) is 1.30. The fourth-order valence-electron chi connectivity index (χ4n) is 3.48. The molecule has 0 aliphatic carbocycles. The van der Waals surface area contributed by atoms with E-state index in [0.29, 0.717) is 5.75 Å². The van der Waals surface area contributed by atoms with Crippen molar-refractivity contribution in [1.29, 1.82) is 0 Å². The van der Waals surface area contributed by atoms with Crippen LogP contribution in [0.5, 0.6) is 11.5 Å². The Kier molecular flexibility index (Phi) is 3.82. The minimum Gasteiger partial charge on any atom is -0.507 e. The Morgan fingerprint density at radius 1 is 1.43 bits per heavy atom. The van der Waals surface area contributed by atoms with E-state index in [4.69, 9.17) is 9.57 Å². The molecule has 0 bridgehead atoms. The lowest BCUT2D eigenvalue weighted by Crippen LogP contribution is -2.65. The van der Waals surface area contributed by atoms with Gasteiger partial charge in [-0.2, -0.15) is 5.48 Å². The van der Waals surface area contributed by atoms with Crippen LogP contribution in [0.4, 0.5) is 0 Å². The molecule has 1 saturated heterocycles. The number of hydroxylamine groups is 1. The van der Waals surface area contributed by atoms with Crippen molar-refractivity contribution in [2.24, 2.45) is 0 Å². The summed E-state index contributed by atoms with van der Waals surface area (Å²) in [7, 11) is 1.63. The Labute approximate surface area is 125 Å². The number of fused-ring (bicyclic) bond motifs is 1. The van der Waals surface area contributed by atoms with E-state index in [0.717, 1.165) is 54.8 Å². The van der Waals surface area contributed by atoms with Gasteiger partial charge in [-0.25, -0.2) is 0 Å². The van der Waals surface area contributed by atoms with Crippen LogP contribution in [0, 0.1) is 0 Å². The summed E-state index contributed by atoms with van der Waals surface area (Å²) in [5, 5.41) is 13.8. The van der Waals surface area contributed by atoms with Crippen LogP contribution in [-0.2, 0) is 17.7 Å². The number of phenols is 1. The molecule has 5 heteroatoms. The van der Waals surface area contributed by atoms with Gasteiger partial charge in [-0.05, 0) is 24.5 Å². The van der Waals surface area contributed by atoms with Crippen molar-refractivity contribution in [1.82, 2.24) is 10.8 Å². The van der Waals surface area contributed by atoms with Crippen LogP contribution in [0.3, 0.4) is 0 Å². The number of hydrogen-bond donors (Lipinski definition) is 3. The van der Waals surface area contributed by atoms with Crippen molar-refractivity contribution in [2.45, 2.75) is 44.8 Å². The lowest BCUT2D eigenvalue weighted by atomic mass is 9.80. The quantitative estimate of drug-likeness (QED) is 0.739. The second kappa shape index (κ2) is 5.48. The third-order valence-electron chi connectivity index (χ3n) is 4.63. The van der Waals surface area contributed by atoms with Crippen LogP contribution in [-0.4, -0.2) is 30.9 Å². The first-order valence-electron chi connectivity index (χ1n) is 7.70. The summed E-state index contributed by atoms with van der Waals surface area (Å²) in [4.78, 5) is 5.19. The number of aryl methyl sites for hydroxylation is 1. The van der Waals surface area contributed by atoms with Crippen LogP contribution in [0.2, 0.25) is 0 Å². The summed E-state index contributed by atoms with van der Waals surface area (Å²) in [6.07, 6.45) is 2.42. The van der Waals surface area contributed by atoms with Crippen molar-refractivity contribution in [3.63, 3.8) is 0 Å². The van der Waals surface area contributed by atoms with Crippen LogP contribution < -0.4 is 15.5 Å². The van der Waals surface area contributed by atoms with Crippen molar-refractivity contribution in [3.05, 3.63) is 22.8 Å². The topological polar surface area (TPSA) is 62.8 Å². The molecule has 21 heavy (non-hydrogen) atoms. The highest BCUT2D eigenvalue weighted by Crippen LogP contribution is 2.46. The van der Waals surface area contributed by atoms with Gasteiger partial charge in [0.1, 0.15) is 17.1 Å². The lowest BCUT2D eigenvalue weighted by molar-refractivity contribution is -0.0437. The van der Waals surface area contributed by atoms with Crippen molar-refractivity contribution < 1.29 is 14.7 Å². The van der Waals surface area contributed by atoms with Crippen molar-refractivity contribution in [3.8, 4) is 11.5 Å². The molecule has 116 valence electrons. The number of ether oxygens (including phenoxy) is 1. The maximum Gasteiger partial charge on any atom is 0.136 e. The van der Waals surface area contributed by atoms with E-state index in [1.165, 1.54) is 0 Å². The number of benzene rings is 1. The summed E-state index contributed by atoms with van der Waals surface area (Å²) < 4.78 is 6.30. The molecule has 1 aromatic carbocycles. The molecule has 3 rings (SSSR count). The Bertz CT molecular complexity index is 541. The van der Waals surface area contributed by atoms with Gasteiger partial charge in [0.15, 0.2) is 0 Å². The van der Waals surface area contributed by atoms with E-state index < -0.39 is 0 Å². The molecule has 0 amide bonds. The van der Waals surface area contributed by atoms with Gasteiger partial charge in [-0.15, -0.1) is 0 Å². The molecule has 5 nitrogen and oxygen atoms in total. The number of hydrogen-bond acceptors (Lipinski definition) is 5. The molecule has 1 aromatic rings. The Morgan fingerprint density at radius 2 is 2.19 bits per heavy atom. The monoisotopic (exact) mass is 292 g/mol. The second-order valence-electron chi connectivity index (χ2n) is 5.95. The van der Waals surface area contributed by atoms with E-state index in [1.807, 2.05) is 6.07 Å². The molecule has 1 fully saturated rings. The predicted octanol–water partition coefficient (Wildman–Crippen LogP) is 1.83. The first-order chi connectivity index (χ1) is 10.1. The zero-order valence-electron chi connectivity index (χ0n) is 13.0. The lowest BCUT2D eigenvalue weighted by Gasteiger charge is -2.48. The van der Waals surface area contributed by atoms with Crippen molar-refractivity contribution in [2.75, 3.05) is 20.2 Å². The van der Waals surface area contributed by atoms with Gasteiger partial charge in [0, 0.05) is 30.6 Å². The molecule has 0 aromatic heterocycles. The average molecular weight is 292 g/mol. The second-order valence-corrected chi connectivity index (χ2v) is 5.95. The van der Waals surface area contributed by atoms with E-state index >= 15 is 0 Å². The Balaban J connectivity index is 2.11. The number of phenolic OH excluding ortho intramolecular Hbond substituents is 1. The Morgan fingerprint density at radius 3 is 2.71 bits per heavy atom. The van der Waals surface area contributed by atoms with Gasteiger partial charge in [0.2, 0.25) is 0 Å². The van der Waals surface area contributed by atoms with E-state index in [1.54, 1.807) is 7.11 Å². The molecule has 3 N–H and O–H groups in total. The SMILES string of the molecule is CCc1cc2c(c(CC)c1O)C(NOC)CC1(CNC1)O2. The zero-order valence-corrected chi connectivity index (χ0v) is 13.0. The molecule has 1 unspecified atom stereocenters. The maximum absolute atomic E-state index is 10.5. The van der Waals surface area contributed by atoms with Crippen LogP contribution in [0.15, 0.2) is 6.07 Å². The van der Waals surface area contributed by atoms with Gasteiger partial charge in [0.25, 0.3) is 0 Å². The summed E-state index contributed by atoms with van der Waals surface area (Å²) in [6.45, 7) is 5.83. The van der Waals surface area contributed by atoms with E-state index in [-0.39, 0.29) is 11.6 Å². The molecular weight excluding hydrogens is 268 g/mol. The van der Waals surface area contributed by atoms with Gasteiger partial charge < -0.3 is 20.0 Å². The minimum absolute atomic E-state index is 0.0487. The number of nitrogens with one attached hydrogen (secondary N) is 2. The van der Waals surface area contributed by atoms with Crippen LogP contribution in [0.25, 0.3) is 0 Å². The molecule has 0 radical (unpaired) electrons. The zero-order chi connectivity index (χ0) is 15.0. The van der Waals surface area contributed by atoms with Gasteiger partial charge in [-0.1, -0.05) is 13.8 Å². The van der Waals surface area contributed by atoms with Gasteiger partial charge >= 0.3 is 0 Å².